The first kappa shape index (κ1) is 16.2. The molecule has 0 heterocycles. The van der Waals surface area contributed by atoms with Gasteiger partial charge in [0.05, 0.1) is 0 Å². The molecule has 0 aliphatic carbocycles. The van der Waals surface area contributed by atoms with Crippen molar-refractivity contribution in [3.05, 3.63) is 20.2 Å². The van der Waals surface area contributed by atoms with E-state index < -0.39 is 29.4 Å². The predicted molar refractivity (Wildman–Crippen MR) is 61.3 cm³/mol. The Labute approximate surface area is 104 Å². The summed E-state index contributed by atoms with van der Waals surface area (Å²) in [7, 11) is 0. The zero-order valence-corrected chi connectivity index (χ0v) is 12.9. The van der Waals surface area contributed by atoms with Crippen molar-refractivity contribution in [1.29, 1.82) is 0 Å². The van der Waals surface area contributed by atoms with Gasteiger partial charge in [-0.2, -0.15) is 0 Å². The van der Waals surface area contributed by atoms with Crippen LogP contribution in [0, 0.1) is 20.2 Å². The molecular formula is C8H18N2O6Sn. The molecule has 0 unspecified atom stereocenters. The van der Waals surface area contributed by atoms with Crippen molar-refractivity contribution >= 4 is 19.2 Å². The standard InChI is InChI=1S/2C4H9.2NO3.Sn/c2*1-3-4-2;2*2-1(3)4;/h2*1,3-4H2,2H3;;;/q;;2*-1;+2. The van der Waals surface area contributed by atoms with Gasteiger partial charge in [0, 0.05) is 0 Å². The summed E-state index contributed by atoms with van der Waals surface area (Å²) in [4.78, 5) is 20.9. The Morgan fingerprint density at radius 3 is 1.53 bits per heavy atom. The number of rotatable bonds is 10. The van der Waals surface area contributed by atoms with E-state index in [9.17, 15) is 20.2 Å². The minimum absolute atomic E-state index is 0.340. The third-order valence-corrected chi connectivity index (χ3v) is 11.4. The number of unbranched alkanes of at least 4 members (excludes halogenated alkanes) is 2. The molecule has 0 saturated carbocycles. The summed E-state index contributed by atoms with van der Waals surface area (Å²) < 4.78 is 9.92. The molecule has 0 saturated heterocycles. The fourth-order valence-corrected chi connectivity index (χ4v) is 9.98. The van der Waals surface area contributed by atoms with Crippen molar-refractivity contribution in [1.82, 2.24) is 0 Å². The van der Waals surface area contributed by atoms with Crippen LogP contribution in [0.3, 0.4) is 0 Å². The molecule has 0 aromatic heterocycles. The van der Waals surface area contributed by atoms with Gasteiger partial charge < -0.3 is 0 Å². The first-order chi connectivity index (χ1) is 7.95. The Kier molecular flexibility index (Phi) is 7.92. The van der Waals surface area contributed by atoms with Crippen LogP contribution in [-0.2, 0) is 6.35 Å². The molecule has 0 radical (unpaired) electrons. The predicted octanol–water partition coefficient (Wildman–Crippen LogP) is 2.45. The SMILES string of the molecule is CCC[CH2][Sn]([CH2]CCC)([O][N+](=O)[O-])[O][N+](=O)[O-]. The topological polar surface area (TPSA) is 105 Å². The van der Waals surface area contributed by atoms with Gasteiger partial charge in [0.15, 0.2) is 0 Å². The third kappa shape index (κ3) is 7.18. The summed E-state index contributed by atoms with van der Waals surface area (Å²) >= 11 is -4.19. The minimum atomic E-state index is -4.19. The van der Waals surface area contributed by atoms with Crippen molar-refractivity contribution in [3.8, 4) is 0 Å². The van der Waals surface area contributed by atoms with Crippen molar-refractivity contribution in [2.45, 2.75) is 48.4 Å². The van der Waals surface area contributed by atoms with Crippen LogP contribution < -0.4 is 0 Å². The van der Waals surface area contributed by atoms with Crippen LogP contribution in [0.4, 0.5) is 0 Å². The van der Waals surface area contributed by atoms with E-state index in [0.717, 1.165) is 12.8 Å². The zero-order valence-electron chi connectivity index (χ0n) is 10.1. The van der Waals surface area contributed by atoms with E-state index in [1.807, 2.05) is 13.8 Å². The average molecular weight is 357 g/mol. The van der Waals surface area contributed by atoms with Gasteiger partial charge in [0.25, 0.3) is 0 Å². The number of hydrogen-bond acceptors (Lipinski definition) is 6. The van der Waals surface area contributed by atoms with Crippen LogP contribution in [0.15, 0.2) is 0 Å². The molecule has 0 aromatic rings. The van der Waals surface area contributed by atoms with Crippen LogP contribution >= 0.6 is 0 Å². The fraction of sp³-hybridized carbons (Fsp3) is 1.00. The second-order valence-corrected chi connectivity index (χ2v) is 12.8. The van der Waals surface area contributed by atoms with E-state index in [2.05, 4.69) is 6.35 Å². The molecule has 100 valence electrons. The molecule has 0 rings (SSSR count). The molecular weight excluding hydrogens is 339 g/mol. The van der Waals surface area contributed by atoms with E-state index in [4.69, 9.17) is 0 Å². The Morgan fingerprint density at radius 2 is 1.29 bits per heavy atom. The van der Waals surface area contributed by atoms with E-state index in [0.29, 0.717) is 21.7 Å². The van der Waals surface area contributed by atoms with Gasteiger partial charge >= 0.3 is 104 Å². The summed E-state index contributed by atoms with van der Waals surface area (Å²) in [5.41, 5.74) is 0. The van der Waals surface area contributed by atoms with Crippen molar-refractivity contribution in [2.24, 2.45) is 0 Å². The van der Waals surface area contributed by atoms with Gasteiger partial charge in [0.1, 0.15) is 0 Å². The Morgan fingerprint density at radius 1 is 0.941 bits per heavy atom. The Balaban J connectivity index is 4.75. The molecule has 8 nitrogen and oxygen atoms in total. The van der Waals surface area contributed by atoms with Gasteiger partial charge in [-0.1, -0.05) is 0 Å². The summed E-state index contributed by atoms with van der Waals surface area (Å²) in [6, 6.07) is 0. The van der Waals surface area contributed by atoms with Crippen LogP contribution in [-0.4, -0.2) is 29.4 Å². The second-order valence-electron chi connectivity index (χ2n) is 3.75. The molecule has 0 aliphatic rings. The van der Waals surface area contributed by atoms with E-state index in [1.165, 1.54) is 0 Å². The third-order valence-electron chi connectivity index (χ3n) is 2.30. The molecule has 0 aromatic carbocycles. The van der Waals surface area contributed by atoms with Gasteiger partial charge in [0.2, 0.25) is 0 Å². The number of nitrogens with zero attached hydrogens (tertiary/aromatic N) is 2. The molecule has 0 spiro atoms. The summed E-state index contributed by atoms with van der Waals surface area (Å²) in [5.74, 6) is 0. The fourth-order valence-electron chi connectivity index (χ4n) is 1.49. The molecule has 9 heteroatoms. The molecule has 0 bridgehead atoms. The average Bonchev–Trinajstić information content (AvgIpc) is 2.22. The molecule has 17 heavy (non-hydrogen) atoms. The molecule has 0 atom stereocenters. The second kappa shape index (κ2) is 8.31. The van der Waals surface area contributed by atoms with E-state index in [1.54, 1.807) is 0 Å². The van der Waals surface area contributed by atoms with Crippen molar-refractivity contribution < 1.29 is 16.5 Å². The van der Waals surface area contributed by atoms with Crippen LogP contribution in [0.25, 0.3) is 0 Å². The Hall–Kier alpha value is -0.801. The van der Waals surface area contributed by atoms with Gasteiger partial charge in [-0.15, -0.1) is 0 Å². The van der Waals surface area contributed by atoms with Gasteiger partial charge in [-0.05, 0) is 0 Å². The van der Waals surface area contributed by atoms with E-state index >= 15 is 0 Å². The first-order valence-corrected chi connectivity index (χ1v) is 12.0. The van der Waals surface area contributed by atoms with Crippen molar-refractivity contribution in [3.63, 3.8) is 0 Å². The molecule has 0 fully saturated rings. The van der Waals surface area contributed by atoms with Gasteiger partial charge in [-0.25, -0.2) is 0 Å². The quantitative estimate of drug-likeness (QED) is 0.338. The summed E-state index contributed by atoms with van der Waals surface area (Å²) in [6.45, 7) is 3.82. The summed E-state index contributed by atoms with van der Waals surface area (Å²) in [5, 5.41) is 19.0. The normalized spacial score (nSPS) is 10.9. The maximum atomic E-state index is 10.5. The maximum absolute atomic E-state index is 10.5. The van der Waals surface area contributed by atoms with Gasteiger partial charge in [-0.3, -0.25) is 0 Å². The van der Waals surface area contributed by atoms with Crippen molar-refractivity contribution in [2.75, 3.05) is 0 Å². The molecule has 0 amide bonds. The van der Waals surface area contributed by atoms with Crippen LogP contribution in [0.2, 0.25) is 8.87 Å². The Bertz CT molecular complexity index is 236. The monoisotopic (exact) mass is 358 g/mol. The van der Waals surface area contributed by atoms with E-state index in [-0.39, 0.29) is 0 Å². The molecule has 0 aliphatic heterocycles. The first-order valence-electron chi connectivity index (χ1n) is 5.63. The number of hydrogen-bond donors (Lipinski definition) is 0. The zero-order chi connectivity index (χ0) is 13.3. The summed E-state index contributed by atoms with van der Waals surface area (Å²) in [6.07, 6.45) is 2.91. The van der Waals surface area contributed by atoms with Crippen LogP contribution in [0.1, 0.15) is 39.5 Å². The van der Waals surface area contributed by atoms with Crippen LogP contribution in [0.5, 0.6) is 0 Å². The molecule has 0 N–H and O–H groups in total.